The molecule has 0 aliphatic carbocycles. The van der Waals surface area contributed by atoms with Crippen molar-refractivity contribution in [2.45, 2.75) is 97.4 Å². The lowest BCUT2D eigenvalue weighted by molar-refractivity contribution is -0.697. The summed E-state index contributed by atoms with van der Waals surface area (Å²) in [4.78, 5) is 0. The highest BCUT2D eigenvalue weighted by atomic mass is 16.4. The molecule has 24 heavy (non-hydrogen) atoms. The SMILES string of the molecule is CCCCCCCCCCCCCC[n+]1cccc(C(C)=NO)c1. The largest absolute Gasteiger partial charge is 0.411 e. The molecule has 1 aromatic rings. The van der Waals surface area contributed by atoms with E-state index in [0.29, 0.717) is 5.71 Å². The fourth-order valence-electron chi connectivity index (χ4n) is 3.07. The first-order valence-electron chi connectivity index (χ1n) is 9.96. The molecule has 0 fully saturated rings. The van der Waals surface area contributed by atoms with Gasteiger partial charge in [-0.1, -0.05) is 76.3 Å². The van der Waals surface area contributed by atoms with Crippen molar-refractivity contribution in [2.75, 3.05) is 0 Å². The molecular weight excluding hydrogens is 296 g/mol. The Morgan fingerprint density at radius 2 is 1.46 bits per heavy atom. The van der Waals surface area contributed by atoms with Crippen molar-refractivity contribution < 1.29 is 9.77 Å². The third-order valence-electron chi connectivity index (χ3n) is 4.70. The molecule has 1 heterocycles. The summed E-state index contributed by atoms with van der Waals surface area (Å²) in [5, 5.41) is 12.1. The minimum atomic E-state index is 0.666. The van der Waals surface area contributed by atoms with Gasteiger partial charge in [0.25, 0.3) is 0 Å². The smallest absolute Gasteiger partial charge is 0.177 e. The van der Waals surface area contributed by atoms with Crippen molar-refractivity contribution in [2.24, 2.45) is 5.16 Å². The van der Waals surface area contributed by atoms with E-state index in [0.717, 1.165) is 12.1 Å². The summed E-state index contributed by atoms with van der Waals surface area (Å²) >= 11 is 0. The van der Waals surface area contributed by atoms with Gasteiger partial charge in [-0.25, -0.2) is 4.57 Å². The van der Waals surface area contributed by atoms with Crippen LogP contribution >= 0.6 is 0 Å². The molecule has 3 nitrogen and oxygen atoms in total. The highest BCUT2D eigenvalue weighted by Crippen LogP contribution is 2.11. The number of nitrogens with zero attached hydrogens (tertiary/aromatic N) is 2. The van der Waals surface area contributed by atoms with Crippen molar-refractivity contribution in [3.8, 4) is 0 Å². The summed E-state index contributed by atoms with van der Waals surface area (Å²) in [5.74, 6) is 0. The van der Waals surface area contributed by atoms with Gasteiger partial charge < -0.3 is 5.21 Å². The molecule has 0 saturated carbocycles. The van der Waals surface area contributed by atoms with Gasteiger partial charge in [0.05, 0.1) is 11.3 Å². The fourth-order valence-corrected chi connectivity index (χ4v) is 3.07. The van der Waals surface area contributed by atoms with Crippen LogP contribution in [0, 0.1) is 0 Å². The second-order valence-electron chi connectivity index (χ2n) is 6.90. The van der Waals surface area contributed by atoms with Gasteiger partial charge >= 0.3 is 0 Å². The van der Waals surface area contributed by atoms with Gasteiger partial charge in [-0.2, -0.15) is 0 Å². The van der Waals surface area contributed by atoms with Gasteiger partial charge in [0.2, 0.25) is 0 Å². The number of aromatic nitrogens is 1. The van der Waals surface area contributed by atoms with Gasteiger partial charge in [0.1, 0.15) is 6.54 Å². The summed E-state index contributed by atoms with van der Waals surface area (Å²) in [6.07, 6.45) is 20.7. The molecule has 0 aliphatic heterocycles. The zero-order chi connectivity index (χ0) is 17.5. The van der Waals surface area contributed by atoms with E-state index in [2.05, 4.69) is 29.0 Å². The molecule has 3 heteroatoms. The molecule has 0 saturated heterocycles. The van der Waals surface area contributed by atoms with Gasteiger partial charge in [0.15, 0.2) is 12.4 Å². The zero-order valence-electron chi connectivity index (χ0n) is 15.8. The minimum absolute atomic E-state index is 0.666. The predicted octanol–water partition coefficient (Wildman–Crippen LogP) is 5.87. The van der Waals surface area contributed by atoms with Gasteiger partial charge in [-0.3, -0.25) is 0 Å². The number of aryl methyl sites for hydroxylation is 1. The maximum Gasteiger partial charge on any atom is 0.177 e. The van der Waals surface area contributed by atoms with Crippen LogP contribution in [0.4, 0.5) is 0 Å². The number of hydrogen-bond acceptors (Lipinski definition) is 2. The summed E-state index contributed by atoms with van der Waals surface area (Å²) in [6, 6.07) is 4.00. The minimum Gasteiger partial charge on any atom is -0.411 e. The van der Waals surface area contributed by atoms with E-state index >= 15 is 0 Å². The molecule has 0 radical (unpaired) electrons. The zero-order valence-corrected chi connectivity index (χ0v) is 15.8. The lowest BCUT2D eigenvalue weighted by Gasteiger charge is -2.02. The molecule has 0 spiro atoms. The molecule has 0 atom stereocenters. The van der Waals surface area contributed by atoms with Crippen LogP contribution in [0.25, 0.3) is 0 Å². The molecule has 1 N–H and O–H groups in total. The third kappa shape index (κ3) is 9.69. The van der Waals surface area contributed by atoms with Gasteiger partial charge in [-0.15, -0.1) is 0 Å². The first-order valence-corrected chi connectivity index (χ1v) is 9.96. The maximum atomic E-state index is 8.85. The van der Waals surface area contributed by atoms with Crippen LogP contribution in [-0.4, -0.2) is 10.9 Å². The Hall–Kier alpha value is -1.38. The monoisotopic (exact) mass is 333 g/mol. The van der Waals surface area contributed by atoms with E-state index in [1.165, 1.54) is 77.0 Å². The molecule has 136 valence electrons. The van der Waals surface area contributed by atoms with E-state index < -0.39 is 0 Å². The number of hydrogen-bond donors (Lipinski definition) is 1. The van der Waals surface area contributed by atoms with E-state index in [4.69, 9.17) is 5.21 Å². The van der Waals surface area contributed by atoms with Crippen LogP contribution in [0.2, 0.25) is 0 Å². The van der Waals surface area contributed by atoms with Crippen molar-refractivity contribution in [1.82, 2.24) is 0 Å². The average molecular weight is 334 g/mol. The Bertz CT molecular complexity index is 457. The number of oxime groups is 1. The topological polar surface area (TPSA) is 36.5 Å². The molecule has 0 amide bonds. The summed E-state index contributed by atoms with van der Waals surface area (Å²) in [7, 11) is 0. The predicted molar refractivity (Wildman–Crippen MR) is 102 cm³/mol. The quantitative estimate of drug-likeness (QED) is 0.149. The molecule has 1 rings (SSSR count). The first-order chi connectivity index (χ1) is 11.8. The highest BCUT2D eigenvalue weighted by Gasteiger charge is 2.05. The molecule has 0 aromatic carbocycles. The van der Waals surface area contributed by atoms with Crippen molar-refractivity contribution in [3.05, 3.63) is 30.1 Å². The van der Waals surface area contributed by atoms with Crippen LogP contribution in [-0.2, 0) is 6.54 Å². The summed E-state index contributed by atoms with van der Waals surface area (Å²) in [5.41, 5.74) is 1.65. The van der Waals surface area contributed by atoms with Gasteiger partial charge in [-0.05, 0) is 19.4 Å². The van der Waals surface area contributed by atoms with Crippen molar-refractivity contribution in [3.63, 3.8) is 0 Å². The van der Waals surface area contributed by atoms with Crippen LogP contribution in [0.15, 0.2) is 29.7 Å². The lowest BCUT2D eigenvalue weighted by atomic mass is 10.1. The van der Waals surface area contributed by atoms with E-state index in [1.54, 1.807) is 0 Å². The van der Waals surface area contributed by atoms with E-state index in [-0.39, 0.29) is 0 Å². The van der Waals surface area contributed by atoms with Crippen molar-refractivity contribution >= 4 is 5.71 Å². The van der Waals surface area contributed by atoms with E-state index in [9.17, 15) is 0 Å². The van der Waals surface area contributed by atoms with Crippen LogP contribution in [0.5, 0.6) is 0 Å². The molecule has 1 aromatic heterocycles. The Morgan fingerprint density at radius 1 is 0.917 bits per heavy atom. The third-order valence-corrected chi connectivity index (χ3v) is 4.70. The van der Waals surface area contributed by atoms with E-state index in [1.807, 2.05) is 19.1 Å². The molecular formula is C21H37N2O+. The lowest BCUT2D eigenvalue weighted by Crippen LogP contribution is -2.33. The number of unbranched alkanes of at least 4 members (excludes halogenated alkanes) is 11. The standard InChI is InChI=1S/C21H36N2O/c1-3-4-5-6-7-8-9-10-11-12-13-14-17-23-18-15-16-21(19-23)20(2)22-24/h15-16,18-19H,3-14,17H2,1-2H3/p+1. The average Bonchev–Trinajstić information content (AvgIpc) is 2.62. The number of rotatable bonds is 14. The summed E-state index contributed by atoms with van der Waals surface area (Å²) < 4.78 is 2.19. The highest BCUT2D eigenvalue weighted by molar-refractivity contribution is 5.97. The van der Waals surface area contributed by atoms with Crippen LogP contribution < -0.4 is 4.57 Å². The fraction of sp³-hybridized carbons (Fsp3) is 0.714. The Balaban J connectivity index is 1.99. The molecule has 0 unspecified atom stereocenters. The van der Waals surface area contributed by atoms with Crippen molar-refractivity contribution in [1.29, 1.82) is 0 Å². The molecule has 0 aliphatic rings. The molecule has 0 bridgehead atoms. The Morgan fingerprint density at radius 3 is 2.00 bits per heavy atom. The van der Waals surface area contributed by atoms with Crippen LogP contribution in [0.3, 0.4) is 0 Å². The summed E-state index contributed by atoms with van der Waals surface area (Å²) in [6.45, 7) is 5.15. The van der Waals surface area contributed by atoms with Crippen LogP contribution in [0.1, 0.15) is 96.5 Å². The number of pyridine rings is 1. The van der Waals surface area contributed by atoms with Gasteiger partial charge in [0, 0.05) is 12.5 Å². The second-order valence-corrected chi connectivity index (χ2v) is 6.90. The maximum absolute atomic E-state index is 8.85. The Kier molecular flexibility index (Phi) is 12.1. The second kappa shape index (κ2) is 14.0. The normalized spacial score (nSPS) is 11.8. The Labute approximate surface area is 148 Å². The first kappa shape index (κ1) is 20.7.